The Morgan fingerprint density at radius 2 is 1.50 bits per heavy atom. The summed E-state index contributed by atoms with van der Waals surface area (Å²) in [6.07, 6.45) is 0. The Hall–Kier alpha value is -2.82. The zero-order chi connectivity index (χ0) is 24.9. The van der Waals surface area contributed by atoms with Gasteiger partial charge in [0.15, 0.2) is 0 Å². The molecule has 2 aromatic rings. The number of amides is 2. The predicted octanol–water partition coefficient (Wildman–Crippen LogP) is 1.88. The van der Waals surface area contributed by atoms with E-state index in [4.69, 9.17) is 0 Å². The van der Waals surface area contributed by atoms with Crippen molar-refractivity contribution in [2.24, 2.45) is 0 Å². The summed E-state index contributed by atoms with van der Waals surface area (Å²) in [5.74, 6) is -0.640. The summed E-state index contributed by atoms with van der Waals surface area (Å²) >= 11 is 0. The topological polar surface area (TPSA) is 81.2 Å². The first-order chi connectivity index (χ1) is 16.1. The summed E-state index contributed by atoms with van der Waals surface area (Å²) in [5, 5.41) is 0. The number of sulfonamides is 1. The number of piperazine rings is 1. The van der Waals surface area contributed by atoms with Gasteiger partial charge in [0.05, 0.1) is 4.90 Å². The molecule has 184 valence electrons. The highest BCUT2D eigenvalue weighted by Gasteiger charge is 2.29. The molecule has 1 aliphatic rings. The lowest BCUT2D eigenvalue weighted by Crippen LogP contribution is -2.49. The number of nitrogens with zero attached hydrogens (tertiary/aromatic N) is 4. The second-order valence-electron chi connectivity index (χ2n) is 8.59. The highest BCUT2D eigenvalue weighted by Crippen LogP contribution is 2.20. The average molecular weight is 491 g/mol. The Balaban J connectivity index is 1.74. The molecule has 8 nitrogen and oxygen atoms in total. The SMILES string of the molecule is CC(=O)N1CCN(S(=O)(=O)c2ccc(C(=O)N(CCN(C)C)Cc3ccc(F)cc3)cc2)CC1. The molecule has 0 bridgehead atoms. The minimum atomic E-state index is -3.72. The van der Waals surface area contributed by atoms with Crippen molar-refractivity contribution in [2.75, 3.05) is 53.4 Å². The molecule has 0 spiro atoms. The normalized spacial score (nSPS) is 14.9. The van der Waals surface area contributed by atoms with E-state index in [1.54, 1.807) is 21.9 Å². The molecule has 2 amide bonds. The highest BCUT2D eigenvalue weighted by molar-refractivity contribution is 7.89. The third kappa shape index (κ3) is 6.40. The Morgan fingerprint density at radius 1 is 0.912 bits per heavy atom. The van der Waals surface area contributed by atoms with Crippen molar-refractivity contribution in [1.82, 2.24) is 19.0 Å². The van der Waals surface area contributed by atoms with E-state index < -0.39 is 10.0 Å². The maximum absolute atomic E-state index is 13.3. The van der Waals surface area contributed by atoms with Gasteiger partial charge in [0.1, 0.15) is 5.82 Å². The molecule has 0 unspecified atom stereocenters. The molecule has 1 fully saturated rings. The molecule has 10 heteroatoms. The number of rotatable bonds is 8. The molecule has 0 atom stereocenters. The van der Waals surface area contributed by atoms with Crippen LogP contribution in [0.1, 0.15) is 22.8 Å². The minimum absolute atomic E-state index is 0.0700. The quantitative estimate of drug-likeness (QED) is 0.565. The van der Waals surface area contributed by atoms with Crippen molar-refractivity contribution in [3.8, 4) is 0 Å². The Morgan fingerprint density at radius 3 is 2.03 bits per heavy atom. The number of hydrogen-bond donors (Lipinski definition) is 0. The second-order valence-corrected chi connectivity index (χ2v) is 10.5. The molecular weight excluding hydrogens is 459 g/mol. The molecule has 34 heavy (non-hydrogen) atoms. The summed E-state index contributed by atoms with van der Waals surface area (Å²) in [4.78, 5) is 30.1. The minimum Gasteiger partial charge on any atom is -0.340 e. The molecule has 2 aromatic carbocycles. The first-order valence-corrected chi connectivity index (χ1v) is 12.6. The third-order valence-corrected chi connectivity index (χ3v) is 7.73. The Labute approximate surface area is 200 Å². The van der Waals surface area contributed by atoms with Crippen LogP contribution in [-0.2, 0) is 21.4 Å². The lowest BCUT2D eigenvalue weighted by molar-refractivity contribution is -0.129. The summed E-state index contributed by atoms with van der Waals surface area (Å²) in [6, 6.07) is 12.0. The number of likely N-dealkylation sites (N-methyl/N-ethyl adjacent to an activating group) is 1. The largest absolute Gasteiger partial charge is 0.340 e. The van der Waals surface area contributed by atoms with E-state index in [0.717, 1.165) is 5.56 Å². The van der Waals surface area contributed by atoms with Crippen LogP contribution >= 0.6 is 0 Å². The fourth-order valence-electron chi connectivity index (χ4n) is 3.73. The molecule has 0 aromatic heterocycles. The molecule has 3 rings (SSSR count). The van der Waals surface area contributed by atoms with Crippen LogP contribution in [0.2, 0.25) is 0 Å². The van der Waals surface area contributed by atoms with E-state index in [9.17, 15) is 22.4 Å². The summed E-state index contributed by atoms with van der Waals surface area (Å²) in [5.41, 5.74) is 1.18. The van der Waals surface area contributed by atoms with Crippen LogP contribution in [0.4, 0.5) is 4.39 Å². The third-order valence-electron chi connectivity index (χ3n) is 5.81. The zero-order valence-corrected chi connectivity index (χ0v) is 20.6. The van der Waals surface area contributed by atoms with E-state index >= 15 is 0 Å². The number of carbonyl (C=O) groups is 2. The fourth-order valence-corrected chi connectivity index (χ4v) is 5.15. The van der Waals surface area contributed by atoms with Crippen molar-refractivity contribution in [3.63, 3.8) is 0 Å². The van der Waals surface area contributed by atoms with Gasteiger partial charge in [-0.25, -0.2) is 12.8 Å². The van der Waals surface area contributed by atoms with Crippen molar-refractivity contribution in [3.05, 3.63) is 65.5 Å². The first kappa shape index (κ1) is 25.8. The van der Waals surface area contributed by atoms with Crippen LogP contribution in [0, 0.1) is 5.82 Å². The highest BCUT2D eigenvalue weighted by atomic mass is 32.2. The first-order valence-electron chi connectivity index (χ1n) is 11.1. The van der Waals surface area contributed by atoms with Crippen molar-refractivity contribution in [1.29, 1.82) is 0 Å². The molecule has 0 aliphatic carbocycles. The lowest BCUT2D eigenvalue weighted by atomic mass is 10.1. The Bertz CT molecular complexity index is 1100. The standard InChI is InChI=1S/C24H31FN4O4S/c1-19(30)27-14-16-29(17-15-27)34(32,33)23-10-6-21(7-11-23)24(31)28(13-12-26(2)3)18-20-4-8-22(25)9-5-20/h4-11H,12-18H2,1-3H3. The van der Waals surface area contributed by atoms with Crippen LogP contribution in [0.25, 0.3) is 0 Å². The van der Waals surface area contributed by atoms with E-state index in [1.807, 2.05) is 19.0 Å². The lowest BCUT2D eigenvalue weighted by Gasteiger charge is -2.33. The van der Waals surface area contributed by atoms with Gasteiger partial charge in [0.2, 0.25) is 15.9 Å². The molecular formula is C24H31FN4O4S. The number of carbonyl (C=O) groups excluding carboxylic acids is 2. The second kappa shape index (κ2) is 11.1. The van der Waals surface area contributed by atoms with Crippen LogP contribution < -0.4 is 0 Å². The summed E-state index contributed by atoms with van der Waals surface area (Å²) in [7, 11) is 0.107. The van der Waals surface area contributed by atoms with Gasteiger partial charge in [0, 0.05) is 58.3 Å². The molecule has 0 saturated carbocycles. The number of halogens is 1. The van der Waals surface area contributed by atoms with E-state index in [0.29, 0.717) is 38.3 Å². The predicted molar refractivity (Wildman–Crippen MR) is 127 cm³/mol. The van der Waals surface area contributed by atoms with Gasteiger partial charge in [-0.3, -0.25) is 9.59 Å². The van der Waals surface area contributed by atoms with Gasteiger partial charge in [-0.05, 0) is 56.1 Å². The van der Waals surface area contributed by atoms with E-state index in [1.165, 1.54) is 47.6 Å². The Kier molecular flexibility index (Phi) is 8.40. The maximum Gasteiger partial charge on any atom is 0.254 e. The molecule has 1 aliphatic heterocycles. The van der Waals surface area contributed by atoms with Crippen molar-refractivity contribution in [2.45, 2.75) is 18.4 Å². The molecule has 1 saturated heterocycles. The molecule has 0 N–H and O–H groups in total. The molecule has 0 radical (unpaired) electrons. The average Bonchev–Trinajstić information content (AvgIpc) is 2.82. The van der Waals surface area contributed by atoms with E-state index in [2.05, 4.69) is 0 Å². The number of benzene rings is 2. The summed E-state index contributed by atoms with van der Waals surface area (Å²) in [6.45, 7) is 4.07. The van der Waals surface area contributed by atoms with Crippen LogP contribution in [0.3, 0.4) is 0 Å². The zero-order valence-electron chi connectivity index (χ0n) is 19.8. The monoisotopic (exact) mass is 490 g/mol. The number of hydrogen-bond acceptors (Lipinski definition) is 5. The smallest absolute Gasteiger partial charge is 0.254 e. The fraction of sp³-hybridized carbons (Fsp3) is 0.417. The summed E-state index contributed by atoms with van der Waals surface area (Å²) < 4.78 is 40.7. The van der Waals surface area contributed by atoms with Gasteiger partial charge in [-0.15, -0.1) is 0 Å². The van der Waals surface area contributed by atoms with Gasteiger partial charge in [-0.1, -0.05) is 12.1 Å². The van der Waals surface area contributed by atoms with Gasteiger partial charge >= 0.3 is 0 Å². The van der Waals surface area contributed by atoms with Gasteiger partial charge < -0.3 is 14.7 Å². The molecule has 1 heterocycles. The van der Waals surface area contributed by atoms with Gasteiger partial charge in [-0.2, -0.15) is 4.31 Å². The van der Waals surface area contributed by atoms with Crippen molar-refractivity contribution >= 4 is 21.8 Å². The van der Waals surface area contributed by atoms with Gasteiger partial charge in [0.25, 0.3) is 5.91 Å². The van der Waals surface area contributed by atoms with Crippen LogP contribution in [0.15, 0.2) is 53.4 Å². The van der Waals surface area contributed by atoms with Crippen LogP contribution in [-0.4, -0.2) is 92.6 Å². The van der Waals surface area contributed by atoms with E-state index in [-0.39, 0.29) is 35.6 Å². The van der Waals surface area contributed by atoms with Crippen LogP contribution in [0.5, 0.6) is 0 Å². The van der Waals surface area contributed by atoms with Crippen molar-refractivity contribution < 1.29 is 22.4 Å². The maximum atomic E-state index is 13.3.